The van der Waals surface area contributed by atoms with Crippen LogP contribution in [0.2, 0.25) is 0 Å². The molecule has 0 saturated heterocycles. The summed E-state index contributed by atoms with van der Waals surface area (Å²) in [6.45, 7) is 8.06. The summed E-state index contributed by atoms with van der Waals surface area (Å²) >= 11 is 5.72. The Kier molecular flexibility index (Phi) is 19.8. The predicted molar refractivity (Wildman–Crippen MR) is 268 cm³/mol. The number of halogens is 2. The molecule has 0 saturated carbocycles. The molecule has 7 heteroatoms. The molecule has 0 unspecified atom stereocenters. The van der Waals surface area contributed by atoms with E-state index in [2.05, 4.69) is 106 Å². The van der Waals surface area contributed by atoms with Gasteiger partial charge in [-0.3, -0.25) is 4.98 Å². The molecule has 9 rings (SSSR count). The number of methoxy groups -OCH3 is 1. The van der Waals surface area contributed by atoms with Crippen LogP contribution in [0.3, 0.4) is 0 Å². The third-order valence-electron chi connectivity index (χ3n) is 9.04. The minimum atomic E-state index is 0.277. The number of para-hydroxylation sites is 1. The molecule has 0 fully saturated rings. The maximum Gasteiger partial charge on any atom is 0.125 e. The SMILES string of the molecule is COc1cccc(O)c1C.Cc1cc2ccccc2cc1I.Cc1ccc(Br)cc1.Cc1cccnc1.Oc1ccc2ccccc2c1.Oc1ccccc1-c1ccccc1. The molecule has 1 heterocycles. The van der Waals surface area contributed by atoms with Gasteiger partial charge in [0.15, 0.2) is 0 Å². The molecule has 0 aliphatic carbocycles. The zero-order valence-corrected chi connectivity index (χ0v) is 38.7. The van der Waals surface area contributed by atoms with E-state index in [9.17, 15) is 5.11 Å². The summed E-state index contributed by atoms with van der Waals surface area (Å²) in [5.41, 5.74) is 6.57. The molecule has 0 amide bonds. The Balaban J connectivity index is 0.000000163. The smallest absolute Gasteiger partial charge is 0.125 e. The minimum Gasteiger partial charge on any atom is -0.508 e. The van der Waals surface area contributed by atoms with Gasteiger partial charge in [0, 0.05) is 31.6 Å². The third kappa shape index (κ3) is 16.4. The van der Waals surface area contributed by atoms with Crippen molar-refractivity contribution in [1.82, 2.24) is 4.98 Å². The van der Waals surface area contributed by atoms with Gasteiger partial charge in [0.25, 0.3) is 0 Å². The average molecular weight is 985 g/mol. The fraction of sp³-hybridized carbons (Fsp3) is 0.0926. The first kappa shape index (κ1) is 47.5. The monoisotopic (exact) mass is 983 g/mol. The fourth-order valence-corrected chi connectivity index (χ4v) is 6.40. The first-order valence-corrected chi connectivity index (χ1v) is 21.4. The normalized spacial score (nSPS) is 9.75. The van der Waals surface area contributed by atoms with Gasteiger partial charge in [0.1, 0.15) is 23.0 Å². The Morgan fingerprint density at radius 3 is 1.64 bits per heavy atom. The average Bonchev–Trinajstić information content (AvgIpc) is 3.28. The van der Waals surface area contributed by atoms with E-state index in [0.717, 1.165) is 37.7 Å². The van der Waals surface area contributed by atoms with Crippen LogP contribution in [0.25, 0.3) is 32.7 Å². The largest absolute Gasteiger partial charge is 0.508 e. The lowest BCUT2D eigenvalue weighted by Gasteiger charge is -2.04. The lowest BCUT2D eigenvalue weighted by Crippen LogP contribution is -1.85. The highest BCUT2D eigenvalue weighted by Gasteiger charge is 2.01. The van der Waals surface area contributed by atoms with Gasteiger partial charge in [-0.2, -0.15) is 0 Å². The number of benzene rings is 8. The van der Waals surface area contributed by atoms with E-state index in [1.165, 1.54) is 31.0 Å². The van der Waals surface area contributed by atoms with E-state index >= 15 is 0 Å². The number of fused-ring (bicyclic) bond motifs is 2. The zero-order valence-electron chi connectivity index (χ0n) is 35.0. The Bertz CT molecular complexity index is 2610. The van der Waals surface area contributed by atoms with Crippen molar-refractivity contribution in [2.75, 3.05) is 7.11 Å². The van der Waals surface area contributed by atoms with Crippen LogP contribution in [0.1, 0.15) is 22.3 Å². The molecule has 3 N–H and O–H groups in total. The van der Waals surface area contributed by atoms with Crippen molar-refractivity contribution >= 4 is 60.1 Å². The standard InChI is InChI=1S/C12H10O.C11H9I.C10H8O.C8H10O2.C7H7Br.C6H7N/c13-12-9-5-4-8-11(12)10-6-2-1-3-7-10;1-8-6-9-4-2-3-5-10(9)7-11(8)12;11-10-6-5-8-3-1-2-4-9(8)7-10;1-6-7(9)4-3-5-8(6)10-2;1-6-2-4-7(8)5-3-6;1-6-3-2-4-7-5-6/h1-9,13H;2-7H,1H3;1-7,11H;3-5,9H,1-2H3;2-5H,1H3;2-5H,1H3. The highest BCUT2D eigenvalue weighted by Crippen LogP contribution is 2.28. The molecular formula is C54H51BrINO4. The quantitative estimate of drug-likeness (QED) is 0.150. The second-order valence-electron chi connectivity index (χ2n) is 13.8. The number of phenolic OH excluding ortho intramolecular Hbond substituents is 3. The predicted octanol–water partition coefficient (Wildman–Crippen LogP) is 15.2. The number of aromatic nitrogens is 1. The van der Waals surface area contributed by atoms with E-state index in [1.807, 2.05) is 129 Å². The number of nitrogens with zero attached hydrogens (tertiary/aromatic N) is 1. The number of aryl methyl sites for hydroxylation is 3. The molecule has 61 heavy (non-hydrogen) atoms. The molecule has 0 aliphatic heterocycles. The number of rotatable bonds is 2. The fourth-order valence-electron chi connectivity index (χ4n) is 5.64. The van der Waals surface area contributed by atoms with Crippen LogP contribution >= 0.6 is 38.5 Å². The van der Waals surface area contributed by atoms with Gasteiger partial charge in [-0.1, -0.05) is 155 Å². The summed E-state index contributed by atoms with van der Waals surface area (Å²) in [7, 11) is 1.59. The molecule has 0 radical (unpaired) electrons. The van der Waals surface area contributed by atoms with E-state index < -0.39 is 0 Å². The van der Waals surface area contributed by atoms with Gasteiger partial charge in [-0.05, 0) is 143 Å². The molecule has 0 spiro atoms. The Morgan fingerprint density at radius 2 is 1.08 bits per heavy atom. The van der Waals surface area contributed by atoms with Crippen LogP contribution in [-0.2, 0) is 0 Å². The molecular weight excluding hydrogens is 933 g/mol. The van der Waals surface area contributed by atoms with Crippen LogP contribution in [0.4, 0.5) is 0 Å². The topological polar surface area (TPSA) is 82.8 Å². The number of aromatic hydroxyl groups is 3. The second kappa shape index (κ2) is 25.5. The third-order valence-corrected chi connectivity index (χ3v) is 10.7. The molecule has 8 aromatic carbocycles. The van der Waals surface area contributed by atoms with Crippen molar-refractivity contribution in [2.24, 2.45) is 0 Å². The first-order valence-electron chi connectivity index (χ1n) is 19.5. The maximum atomic E-state index is 9.56. The van der Waals surface area contributed by atoms with Crippen molar-refractivity contribution in [3.05, 3.63) is 231 Å². The Morgan fingerprint density at radius 1 is 0.508 bits per heavy atom. The number of hydrogen-bond acceptors (Lipinski definition) is 5. The summed E-state index contributed by atoms with van der Waals surface area (Å²) in [6.07, 6.45) is 3.60. The first-order chi connectivity index (χ1) is 29.4. The second-order valence-corrected chi connectivity index (χ2v) is 15.9. The van der Waals surface area contributed by atoms with Crippen molar-refractivity contribution in [3.8, 4) is 34.1 Å². The van der Waals surface area contributed by atoms with Crippen LogP contribution < -0.4 is 4.74 Å². The van der Waals surface area contributed by atoms with Crippen molar-refractivity contribution in [3.63, 3.8) is 0 Å². The number of ether oxygens (including phenoxy) is 1. The van der Waals surface area contributed by atoms with Gasteiger partial charge < -0.3 is 20.1 Å². The molecule has 1 aromatic heterocycles. The van der Waals surface area contributed by atoms with Crippen LogP contribution in [-0.4, -0.2) is 27.4 Å². The van der Waals surface area contributed by atoms with Gasteiger partial charge >= 0.3 is 0 Å². The van der Waals surface area contributed by atoms with Crippen LogP contribution in [0.15, 0.2) is 205 Å². The molecule has 0 atom stereocenters. The Labute approximate surface area is 382 Å². The van der Waals surface area contributed by atoms with Gasteiger partial charge in [0.05, 0.1) is 7.11 Å². The van der Waals surface area contributed by atoms with E-state index in [4.69, 9.17) is 14.9 Å². The molecule has 5 nitrogen and oxygen atoms in total. The molecule has 0 bridgehead atoms. The molecule has 0 aliphatic rings. The lowest BCUT2D eigenvalue weighted by molar-refractivity contribution is 0.403. The summed E-state index contributed by atoms with van der Waals surface area (Å²) in [6, 6.07) is 60.8. The number of pyridine rings is 1. The molecule has 9 aromatic rings. The summed E-state index contributed by atoms with van der Waals surface area (Å²) in [5, 5.41) is 32.7. The van der Waals surface area contributed by atoms with Crippen LogP contribution in [0.5, 0.6) is 23.0 Å². The summed E-state index contributed by atoms with van der Waals surface area (Å²) in [5.74, 6) is 1.65. The van der Waals surface area contributed by atoms with Crippen LogP contribution in [0, 0.1) is 31.3 Å². The minimum absolute atomic E-state index is 0.277. The Hall–Kier alpha value is -6.16. The highest BCUT2D eigenvalue weighted by atomic mass is 127. The number of phenols is 3. The van der Waals surface area contributed by atoms with E-state index in [0.29, 0.717) is 11.5 Å². The number of hydrogen-bond donors (Lipinski definition) is 3. The highest BCUT2D eigenvalue weighted by molar-refractivity contribution is 14.1. The summed E-state index contributed by atoms with van der Waals surface area (Å²) < 4.78 is 7.45. The molecule has 310 valence electrons. The van der Waals surface area contributed by atoms with Crippen molar-refractivity contribution < 1.29 is 20.1 Å². The zero-order chi connectivity index (χ0) is 44.0. The van der Waals surface area contributed by atoms with Gasteiger partial charge in [-0.25, -0.2) is 0 Å². The van der Waals surface area contributed by atoms with E-state index in [1.54, 1.807) is 43.6 Å². The maximum absolute atomic E-state index is 9.56. The van der Waals surface area contributed by atoms with E-state index in [-0.39, 0.29) is 5.75 Å². The van der Waals surface area contributed by atoms with Crippen molar-refractivity contribution in [2.45, 2.75) is 27.7 Å². The summed E-state index contributed by atoms with van der Waals surface area (Å²) in [4.78, 5) is 3.88. The van der Waals surface area contributed by atoms with Gasteiger partial charge in [-0.15, -0.1) is 0 Å². The van der Waals surface area contributed by atoms with Gasteiger partial charge in [0.2, 0.25) is 0 Å². The van der Waals surface area contributed by atoms with Crippen molar-refractivity contribution in [1.29, 1.82) is 0 Å². The lowest BCUT2D eigenvalue weighted by atomic mass is 10.1.